The van der Waals surface area contributed by atoms with Crippen molar-refractivity contribution in [2.75, 3.05) is 45.3 Å². The summed E-state index contributed by atoms with van der Waals surface area (Å²) >= 11 is 2.14. The monoisotopic (exact) mass is 468 g/mol. The van der Waals surface area contributed by atoms with Gasteiger partial charge in [0, 0.05) is 29.7 Å². The van der Waals surface area contributed by atoms with Crippen LogP contribution in [0.5, 0.6) is 17.2 Å². The predicted octanol–water partition coefficient (Wildman–Crippen LogP) is 2.98. The maximum Gasteiger partial charge on any atom is 0.255 e. The summed E-state index contributed by atoms with van der Waals surface area (Å²) in [4.78, 5) is 16.9. The third-order valence-corrected chi connectivity index (χ3v) is 5.39. The van der Waals surface area contributed by atoms with Crippen molar-refractivity contribution in [3.05, 3.63) is 45.5 Å². The third-order valence-electron chi connectivity index (χ3n) is 4.49. The van der Waals surface area contributed by atoms with Crippen molar-refractivity contribution in [1.29, 1.82) is 0 Å². The normalized spacial score (nSPS) is 14.3. The lowest BCUT2D eigenvalue weighted by molar-refractivity contribution is 0.0745. The molecule has 26 heavy (non-hydrogen) atoms. The molecule has 0 unspecified atom stereocenters. The molecule has 1 aliphatic heterocycles. The maximum atomic E-state index is 13.0. The Labute approximate surface area is 166 Å². The lowest BCUT2D eigenvalue weighted by Gasteiger charge is -2.36. The fourth-order valence-corrected chi connectivity index (χ4v) is 3.74. The molecule has 3 rings (SSSR count). The van der Waals surface area contributed by atoms with E-state index >= 15 is 0 Å². The quantitative estimate of drug-likeness (QED) is 0.700. The largest absolute Gasteiger partial charge is 0.506 e. The molecule has 2 aromatic carbocycles. The van der Waals surface area contributed by atoms with Gasteiger partial charge in [0.05, 0.1) is 25.5 Å². The molecule has 1 amide bonds. The zero-order valence-electron chi connectivity index (χ0n) is 14.7. The van der Waals surface area contributed by atoms with E-state index in [2.05, 4.69) is 27.5 Å². The highest BCUT2D eigenvalue weighted by Gasteiger charge is 2.25. The first kappa shape index (κ1) is 18.6. The van der Waals surface area contributed by atoms with Gasteiger partial charge in [0.15, 0.2) is 11.5 Å². The number of phenols is 1. The average Bonchev–Trinajstić information content (AvgIpc) is 2.67. The number of rotatable bonds is 4. The highest BCUT2D eigenvalue weighted by atomic mass is 127. The highest BCUT2D eigenvalue weighted by molar-refractivity contribution is 14.1. The Hall–Kier alpha value is -2.16. The SMILES string of the molecule is COc1cc(I)c(C(=O)N2CCN(c3ccccc3O)CC2)cc1OC. The number of carbonyl (C=O) groups is 1. The zero-order chi connectivity index (χ0) is 18.7. The van der Waals surface area contributed by atoms with Crippen molar-refractivity contribution in [3.8, 4) is 17.2 Å². The predicted molar refractivity (Wildman–Crippen MR) is 108 cm³/mol. The molecule has 1 saturated heterocycles. The molecule has 0 bridgehead atoms. The number of anilines is 1. The molecule has 1 fully saturated rings. The molecule has 2 aromatic rings. The van der Waals surface area contributed by atoms with Gasteiger partial charge < -0.3 is 24.4 Å². The summed E-state index contributed by atoms with van der Waals surface area (Å²) in [6, 6.07) is 10.8. The van der Waals surface area contributed by atoms with Gasteiger partial charge in [-0.2, -0.15) is 0 Å². The lowest BCUT2D eigenvalue weighted by Crippen LogP contribution is -2.49. The van der Waals surface area contributed by atoms with Crippen LogP contribution in [0.2, 0.25) is 0 Å². The van der Waals surface area contributed by atoms with Crippen LogP contribution < -0.4 is 14.4 Å². The van der Waals surface area contributed by atoms with Gasteiger partial charge in [0.25, 0.3) is 5.91 Å². The summed E-state index contributed by atoms with van der Waals surface area (Å²) in [5.41, 5.74) is 1.42. The Bertz CT molecular complexity index is 804. The number of amides is 1. The van der Waals surface area contributed by atoms with E-state index in [0.29, 0.717) is 43.2 Å². The summed E-state index contributed by atoms with van der Waals surface area (Å²) in [5, 5.41) is 10.0. The van der Waals surface area contributed by atoms with Crippen molar-refractivity contribution in [1.82, 2.24) is 4.90 Å². The van der Waals surface area contributed by atoms with E-state index in [1.807, 2.05) is 23.1 Å². The Kier molecular flexibility index (Phi) is 5.75. The molecule has 7 heteroatoms. The van der Waals surface area contributed by atoms with Crippen LogP contribution in [0.25, 0.3) is 0 Å². The second-order valence-electron chi connectivity index (χ2n) is 5.96. The van der Waals surface area contributed by atoms with Gasteiger partial charge in [-0.25, -0.2) is 0 Å². The zero-order valence-corrected chi connectivity index (χ0v) is 16.9. The number of hydrogen-bond donors (Lipinski definition) is 1. The number of aromatic hydroxyl groups is 1. The van der Waals surface area contributed by atoms with Gasteiger partial charge in [0.2, 0.25) is 0 Å². The molecule has 6 nitrogen and oxygen atoms in total. The summed E-state index contributed by atoms with van der Waals surface area (Å²) in [7, 11) is 3.14. The molecule has 1 heterocycles. The number of piperazine rings is 1. The van der Waals surface area contributed by atoms with Crippen molar-refractivity contribution < 1.29 is 19.4 Å². The number of ether oxygens (including phenoxy) is 2. The summed E-state index contributed by atoms with van der Waals surface area (Å²) in [6.07, 6.45) is 0. The summed E-state index contributed by atoms with van der Waals surface area (Å²) in [5.74, 6) is 1.40. The lowest BCUT2D eigenvalue weighted by atomic mass is 10.1. The van der Waals surface area contributed by atoms with Crippen molar-refractivity contribution in [2.45, 2.75) is 0 Å². The molecule has 138 valence electrons. The molecule has 0 aromatic heterocycles. The number of para-hydroxylation sites is 2. The highest BCUT2D eigenvalue weighted by Crippen LogP contribution is 2.32. The van der Waals surface area contributed by atoms with E-state index in [9.17, 15) is 9.90 Å². The molecule has 1 aliphatic rings. The van der Waals surface area contributed by atoms with Crippen LogP contribution in [0.1, 0.15) is 10.4 Å². The second-order valence-corrected chi connectivity index (χ2v) is 7.12. The fourth-order valence-electron chi connectivity index (χ4n) is 3.07. The molecule has 0 aliphatic carbocycles. The van der Waals surface area contributed by atoms with Gasteiger partial charge >= 0.3 is 0 Å². The number of hydrogen-bond acceptors (Lipinski definition) is 5. The summed E-state index contributed by atoms with van der Waals surface area (Å²) < 4.78 is 11.4. The fraction of sp³-hybridized carbons (Fsp3) is 0.316. The van der Waals surface area contributed by atoms with Crippen LogP contribution in [0.4, 0.5) is 5.69 Å². The number of methoxy groups -OCH3 is 2. The van der Waals surface area contributed by atoms with E-state index in [1.54, 1.807) is 32.4 Å². The van der Waals surface area contributed by atoms with Gasteiger partial charge in [0.1, 0.15) is 5.75 Å². The van der Waals surface area contributed by atoms with E-state index in [-0.39, 0.29) is 11.7 Å². The number of phenolic OH excluding ortho intramolecular Hbond substituents is 1. The molecule has 1 N–H and O–H groups in total. The molecular formula is C19H21IN2O4. The standard InChI is InChI=1S/C19H21IN2O4/c1-25-17-11-13(14(20)12-18(17)26-2)19(24)22-9-7-21(8-10-22)15-5-3-4-6-16(15)23/h3-6,11-12,23H,7-10H2,1-2H3. The van der Waals surface area contributed by atoms with Gasteiger partial charge in [-0.1, -0.05) is 12.1 Å². The Morgan fingerprint density at radius 2 is 1.65 bits per heavy atom. The van der Waals surface area contributed by atoms with Crippen molar-refractivity contribution >= 4 is 34.2 Å². The minimum absolute atomic E-state index is 0.0210. The van der Waals surface area contributed by atoms with E-state index < -0.39 is 0 Å². The minimum atomic E-state index is -0.0210. The number of halogens is 1. The summed E-state index contributed by atoms with van der Waals surface area (Å²) in [6.45, 7) is 2.54. The number of nitrogens with zero attached hydrogens (tertiary/aromatic N) is 2. The first-order valence-electron chi connectivity index (χ1n) is 8.29. The second kappa shape index (κ2) is 8.03. The van der Waals surface area contributed by atoms with E-state index in [4.69, 9.17) is 9.47 Å². The molecule has 0 spiro atoms. The molecule has 0 radical (unpaired) electrons. The number of benzene rings is 2. The van der Waals surface area contributed by atoms with Gasteiger partial charge in [-0.15, -0.1) is 0 Å². The third kappa shape index (κ3) is 3.67. The molecule has 0 saturated carbocycles. The van der Waals surface area contributed by atoms with E-state index in [0.717, 1.165) is 9.26 Å². The van der Waals surface area contributed by atoms with Crippen LogP contribution in [-0.2, 0) is 0 Å². The van der Waals surface area contributed by atoms with Crippen molar-refractivity contribution in [3.63, 3.8) is 0 Å². The minimum Gasteiger partial charge on any atom is -0.506 e. The Morgan fingerprint density at radius 3 is 2.27 bits per heavy atom. The number of carbonyl (C=O) groups excluding carboxylic acids is 1. The molecular weight excluding hydrogens is 447 g/mol. The first-order valence-corrected chi connectivity index (χ1v) is 9.36. The maximum absolute atomic E-state index is 13.0. The van der Waals surface area contributed by atoms with Crippen LogP contribution in [0, 0.1) is 3.57 Å². The molecule has 0 atom stereocenters. The Balaban J connectivity index is 1.74. The average molecular weight is 468 g/mol. The van der Waals surface area contributed by atoms with Crippen molar-refractivity contribution in [2.24, 2.45) is 0 Å². The van der Waals surface area contributed by atoms with Crippen LogP contribution in [0.3, 0.4) is 0 Å². The van der Waals surface area contributed by atoms with Crippen LogP contribution >= 0.6 is 22.6 Å². The van der Waals surface area contributed by atoms with Crippen LogP contribution in [-0.4, -0.2) is 56.3 Å². The Morgan fingerprint density at radius 1 is 1.04 bits per heavy atom. The van der Waals surface area contributed by atoms with Gasteiger partial charge in [-0.3, -0.25) is 4.79 Å². The topological polar surface area (TPSA) is 62.2 Å². The first-order chi connectivity index (χ1) is 12.5. The van der Waals surface area contributed by atoms with Gasteiger partial charge in [-0.05, 0) is 46.9 Å². The van der Waals surface area contributed by atoms with E-state index in [1.165, 1.54) is 0 Å². The van der Waals surface area contributed by atoms with Crippen LogP contribution in [0.15, 0.2) is 36.4 Å². The smallest absolute Gasteiger partial charge is 0.255 e.